The van der Waals surface area contributed by atoms with Gasteiger partial charge in [-0.1, -0.05) is 12.1 Å². The van der Waals surface area contributed by atoms with E-state index in [0.29, 0.717) is 0 Å². The second-order valence-corrected chi connectivity index (χ2v) is 4.56. The molecule has 3 nitrogen and oxygen atoms in total. The Kier molecular flexibility index (Phi) is 3.77. The summed E-state index contributed by atoms with van der Waals surface area (Å²) in [6.45, 7) is 4.71. The largest absolute Gasteiger partial charge is 0.305 e. The maximum atomic E-state index is 13.1. The second-order valence-electron chi connectivity index (χ2n) is 4.56. The molecule has 4 heteroatoms. The van der Waals surface area contributed by atoms with Gasteiger partial charge >= 0.3 is 0 Å². The van der Waals surface area contributed by atoms with Crippen molar-refractivity contribution in [3.63, 3.8) is 0 Å². The van der Waals surface area contributed by atoms with Gasteiger partial charge in [0.15, 0.2) is 0 Å². The van der Waals surface area contributed by atoms with E-state index in [1.165, 1.54) is 6.07 Å². The van der Waals surface area contributed by atoms with E-state index in [1.807, 2.05) is 37.7 Å². The first-order valence-corrected chi connectivity index (χ1v) is 6.04. The van der Waals surface area contributed by atoms with E-state index in [9.17, 15) is 4.39 Å². The lowest BCUT2D eigenvalue weighted by Crippen LogP contribution is -2.19. The van der Waals surface area contributed by atoms with E-state index in [1.54, 1.807) is 12.1 Å². The van der Waals surface area contributed by atoms with E-state index in [0.717, 1.165) is 23.5 Å². The van der Waals surface area contributed by atoms with E-state index in [2.05, 4.69) is 10.4 Å². The molecule has 1 aromatic heterocycles. The molecule has 0 aliphatic rings. The predicted octanol–water partition coefficient (Wildman–Crippen LogP) is 2.72. The molecule has 0 fully saturated rings. The summed E-state index contributed by atoms with van der Waals surface area (Å²) in [4.78, 5) is 0. The number of aromatic nitrogens is 2. The van der Waals surface area contributed by atoms with Gasteiger partial charge in [-0.05, 0) is 37.6 Å². The molecule has 0 saturated heterocycles. The Morgan fingerprint density at radius 1 is 1.39 bits per heavy atom. The number of nitrogens with one attached hydrogen (secondary N) is 1. The van der Waals surface area contributed by atoms with Crippen LogP contribution in [-0.4, -0.2) is 9.78 Å². The smallest absolute Gasteiger partial charge is 0.123 e. The third-order valence-electron chi connectivity index (χ3n) is 3.04. The SMILES string of the molecule is Cc1cc(CNC(C)c2cccc(F)c2)n(C)n1. The normalized spacial score (nSPS) is 12.7. The number of benzene rings is 1. The van der Waals surface area contributed by atoms with Gasteiger partial charge in [-0.3, -0.25) is 4.68 Å². The van der Waals surface area contributed by atoms with E-state index in [4.69, 9.17) is 0 Å². The molecule has 2 rings (SSSR count). The quantitative estimate of drug-likeness (QED) is 0.900. The van der Waals surface area contributed by atoms with Gasteiger partial charge in [0.2, 0.25) is 0 Å². The van der Waals surface area contributed by atoms with Crippen molar-refractivity contribution < 1.29 is 4.39 Å². The van der Waals surface area contributed by atoms with Gasteiger partial charge in [-0.25, -0.2) is 4.39 Å². The van der Waals surface area contributed by atoms with Crippen molar-refractivity contribution in [3.05, 3.63) is 53.1 Å². The molecular formula is C14H18FN3. The van der Waals surface area contributed by atoms with Gasteiger partial charge in [0.25, 0.3) is 0 Å². The third-order valence-corrected chi connectivity index (χ3v) is 3.04. The fourth-order valence-corrected chi connectivity index (χ4v) is 1.98. The van der Waals surface area contributed by atoms with Crippen LogP contribution in [0.3, 0.4) is 0 Å². The minimum atomic E-state index is -0.197. The Morgan fingerprint density at radius 2 is 2.17 bits per heavy atom. The molecule has 0 aliphatic heterocycles. The molecule has 1 aromatic carbocycles. The lowest BCUT2D eigenvalue weighted by atomic mass is 10.1. The topological polar surface area (TPSA) is 29.9 Å². The third kappa shape index (κ3) is 2.96. The first-order chi connectivity index (χ1) is 8.56. The van der Waals surface area contributed by atoms with Gasteiger partial charge in [0.05, 0.1) is 11.4 Å². The van der Waals surface area contributed by atoms with Crippen molar-refractivity contribution in [2.75, 3.05) is 0 Å². The van der Waals surface area contributed by atoms with Gasteiger partial charge in [-0.2, -0.15) is 5.10 Å². The lowest BCUT2D eigenvalue weighted by molar-refractivity contribution is 0.542. The summed E-state index contributed by atoms with van der Waals surface area (Å²) in [5.41, 5.74) is 3.08. The van der Waals surface area contributed by atoms with Crippen LogP contribution in [0, 0.1) is 12.7 Å². The van der Waals surface area contributed by atoms with Crippen LogP contribution in [0.2, 0.25) is 0 Å². The van der Waals surface area contributed by atoms with Gasteiger partial charge in [-0.15, -0.1) is 0 Å². The molecule has 0 bridgehead atoms. The molecule has 1 heterocycles. The first kappa shape index (κ1) is 12.8. The summed E-state index contributed by atoms with van der Waals surface area (Å²) in [5.74, 6) is -0.197. The lowest BCUT2D eigenvalue weighted by Gasteiger charge is -2.14. The molecule has 0 spiro atoms. The predicted molar refractivity (Wildman–Crippen MR) is 69.6 cm³/mol. The van der Waals surface area contributed by atoms with Crippen molar-refractivity contribution in [2.45, 2.75) is 26.4 Å². The highest BCUT2D eigenvalue weighted by Crippen LogP contribution is 2.14. The first-order valence-electron chi connectivity index (χ1n) is 6.04. The highest BCUT2D eigenvalue weighted by Gasteiger charge is 2.07. The Bertz CT molecular complexity index is 534. The number of halogens is 1. The molecule has 0 aliphatic carbocycles. The highest BCUT2D eigenvalue weighted by atomic mass is 19.1. The molecule has 18 heavy (non-hydrogen) atoms. The van der Waals surface area contributed by atoms with Crippen molar-refractivity contribution in [2.24, 2.45) is 7.05 Å². The summed E-state index contributed by atoms with van der Waals surface area (Å²) in [6.07, 6.45) is 0. The van der Waals surface area contributed by atoms with Gasteiger partial charge in [0.1, 0.15) is 5.82 Å². The fraction of sp³-hybridized carbons (Fsp3) is 0.357. The Morgan fingerprint density at radius 3 is 2.78 bits per heavy atom. The molecule has 1 N–H and O–H groups in total. The van der Waals surface area contributed by atoms with Gasteiger partial charge < -0.3 is 5.32 Å². The summed E-state index contributed by atoms with van der Waals surface area (Å²) >= 11 is 0. The van der Waals surface area contributed by atoms with Crippen molar-refractivity contribution in [3.8, 4) is 0 Å². The summed E-state index contributed by atoms with van der Waals surface area (Å²) in [5, 5.41) is 7.66. The van der Waals surface area contributed by atoms with Crippen LogP contribution < -0.4 is 5.32 Å². The highest BCUT2D eigenvalue weighted by molar-refractivity contribution is 5.19. The maximum Gasteiger partial charge on any atom is 0.123 e. The maximum absolute atomic E-state index is 13.1. The monoisotopic (exact) mass is 247 g/mol. The second kappa shape index (κ2) is 5.31. The fourth-order valence-electron chi connectivity index (χ4n) is 1.98. The summed E-state index contributed by atoms with van der Waals surface area (Å²) in [6, 6.07) is 8.83. The Labute approximate surface area is 107 Å². The standard InChI is InChI=1S/C14H18FN3/c1-10-7-14(18(3)17-10)9-16-11(2)12-5-4-6-13(15)8-12/h4-8,11,16H,9H2,1-3H3. The zero-order chi connectivity index (χ0) is 13.1. The van der Waals surface area contributed by atoms with E-state index < -0.39 is 0 Å². The van der Waals surface area contributed by atoms with Crippen molar-refractivity contribution >= 4 is 0 Å². The number of hydrogen-bond acceptors (Lipinski definition) is 2. The Balaban J connectivity index is 2.00. The van der Waals surface area contributed by atoms with Crippen LogP contribution >= 0.6 is 0 Å². The van der Waals surface area contributed by atoms with E-state index in [-0.39, 0.29) is 11.9 Å². The minimum Gasteiger partial charge on any atom is -0.305 e. The average Bonchev–Trinajstić information content (AvgIpc) is 2.65. The van der Waals surface area contributed by atoms with Crippen molar-refractivity contribution in [1.29, 1.82) is 0 Å². The van der Waals surface area contributed by atoms with Crippen molar-refractivity contribution in [1.82, 2.24) is 15.1 Å². The molecule has 0 radical (unpaired) electrons. The molecule has 0 amide bonds. The van der Waals surface area contributed by atoms with E-state index >= 15 is 0 Å². The Hall–Kier alpha value is -1.68. The molecule has 96 valence electrons. The molecule has 1 unspecified atom stereocenters. The van der Waals surface area contributed by atoms with Crippen LogP contribution in [0.4, 0.5) is 4.39 Å². The zero-order valence-corrected chi connectivity index (χ0v) is 10.9. The number of nitrogens with zero attached hydrogens (tertiary/aromatic N) is 2. The van der Waals surface area contributed by atoms with Crippen LogP contribution in [-0.2, 0) is 13.6 Å². The van der Waals surface area contributed by atoms with Crippen LogP contribution in [0.5, 0.6) is 0 Å². The number of aryl methyl sites for hydroxylation is 2. The number of hydrogen-bond donors (Lipinski definition) is 1. The minimum absolute atomic E-state index is 0.107. The summed E-state index contributed by atoms with van der Waals surface area (Å²) < 4.78 is 15.0. The average molecular weight is 247 g/mol. The van der Waals surface area contributed by atoms with Crippen LogP contribution in [0.15, 0.2) is 30.3 Å². The molecule has 1 atom stereocenters. The molecular weight excluding hydrogens is 229 g/mol. The van der Waals surface area contributed by atoms with Gasteiger partial charge in [0, 0.05) is 19.6 Å². The summed E-state index contributed by atoms with van der Waals surface area (Å²) in [7, 11) is 1.93. The molecule has 2 aromatic rings. The number of rotatable bonds is 4. The zero-order valence-electron chi connectivity index (χ0n) is 10.9. The van der Waals surface area contributed by atoms with Crippen LogP contribution in [0.1, 0.15) is 29.9 Å². The van der Waals surface area contributed by atoms with Crippen LogP contribution in [0.25, 0.3) is 0 Å². The molecule has 0 saturated carbocycles.